The molecule has 180 valence electrons. The molecule has 1 heterocycles. The number of ether oxygens (including phenoxy) is 1. The van der Waals surface area contributed by atoms with Crippen LogP contribution in [0.15, 0.2) is 52.2 Å². The minimum atomic E-state index is -0.463. The number of nitrogens with one attached hydrogen (secondary N) is 2. The van der Waals surface area contributed by atoms with Crippen LogP contribution in [-0.2, 0) is 0 Å². The monoisotopic (exact) mass is 541 g/mol. The van der Waals surface area contributed by atoms with Crippen LogP contribution in [0.2, 0.25) is 10.0 Å². The second kappa shape index (κ2) is 11.7. The second-order valence-corrected chi connectivity index (χ2v) is 10.1. The minimum absolute atomic E-state index is 0.0752. The first kappa shape index (κ1) is 25.3. The normalized spacial score (nSPS) is 18.0. The fourth-order valence-corrected chi connectivity index (χ4v) is 5.58. The molecule has 4 nitrogen and oxygen atoms in total. The number of nitrogens with zero attached hydrogens (tertiary/aromatic N) is 1. The number of thiazole rings is 1. The first-order valence-corrected chi connectivity index (χ1v) is 13.3. The molecule has 1 aliphatic rings. The summed E-state index contributed by atoms with van der Waals surface area (Å²) in [6, 6.07) is 7.78. The molecule has 0 saturated carbocycles. The van der Waals surface area contributed by atoms with Gasteiger partial charge in [0.2, 0.25) is 0 Å². The van der Waals surface area contributed by atoms with Crippen molar-refractivity contribution in [3.8, 4) is 5.75 Å². The highest BCUT2D eigenvalue weighted by atomic mass is 35.5. The van der Waals surface area contributed by atoms with Gasteiger partial charge in [0.05, 0.1) is 27.1 Å². The molecule has 10 heteroatoms. The van der Waals surface area contributed by atoms with Crippen LogP contribution in [0, 0.1) is 17.6 Å². The van der Waals surface area contributed by atoms with E-state index in [-0.39, 0.29) is 29.3 Å². The van der Waals surface area contributed by atoms with E-state index in [0.29, 0.717) is 15.7 Å². The molecule has 0 fully saturated rings. The molecule has 3 aromatic rings. The van der Waals surface area contributed by atoms with Crippen molar-refractivity contribution in [3.63, 3.8) is 0 Å². The maximum absolute atomic E-state index is 14.8. The van der Waals surface area contributed by atoms with E-state index in [1.165, 1.54) is 29.5 Å². The average Bonchev–Trinajstić information content (AvgIpc) is 3.34. The highest BCUT2D eigenvalue weighted by Gasteiger charge is 2.29. The highest BCUT2D eigenvalue weighted by molar-refractivity contribution is 8.00. The van der Waals surface area contributed by atoms with E-state index in [4.69, 9.17) is 27.9 Å². The van der Waals surface area contributed by atoms with E-state index in [2.05, 4.69) is 21.1 Å². The Morgan fingerprint density at radius 3 is 2.76 bits per heavy atom. The molecule has 2 aromatic carbocycles. The number of hydrogen-bond donors (Lipinski definition) is 2. The third-order valence-electron chi connectivity index (χ3n) is 5.55. The summed E-state index contributed by atoms with van der Waals surface area (Å²) in [5, 5.41) is 5.72. The predicted molar refractivity (Wildman–Crippen MR) is 138 cm³/mol. The van der Waals surface area contributed by atoms with E-state index >= 15 is 0 Å². The molecule has 2 unspecified atom stereocenters. The van der Waals surface area contributed by atoms with Crippen LogP contribution in [0.3, 0.4) is 0 Å². The first-order valence-electron chi connectivity index (χ1n) is 10.8. The molecule has 2 atom stereocenters. The molecule has 0 amide bonds. The van der Waals surface area contributed by atoms with Crippen molar-refractivity contribution in [2.45, 2.75) is 30.7 Å². The molecule has 0 bridgehead atoms. The number of anilines is 1. The Kier molecular flexibility index (Phi) is 8.71. The summed E-state index contributed by atoms with van der Waals surface area (Å²) in [5.41, 5.74) is 3.43. The van der Waals surface area contributed by atoms with Crippen molar-refractivity contribution in [1.29, 1.82) is 0 Å². The van der Waals surface area contributed by atoms with Crippen LogP contribution in [-0.4, -0.2) is 24.2 Å². The third-order valence-corrected chi connectivity index (χ3v) is 7.58. The zero-order valence-electron chi connectivity index (χ0n) is 18.3. The molecule has 1 aromatic heterocycles. The lowest BCUT2D eigenvalue weighted by Crippen LogP contribution is -2.41. The Morgan fingerprint density at radius 2 is 2.03 bits per heavy atom. The van der Waals surface area contributed by atoms with Gasteiger partial charge in [0.15, 0.2) is 0 Å². The molecule has 1 aliphatic carbocycles. The molecule has 4 rings (SSSR count). The summed E-state index contributed by atoms with van der Waals surface area (Å²) in [7, 11) is 0. The molecular weight excluding hydrogens is 519 g/mol. The lowest BCUT2D eigenvalue weighted by atomic mass is 9.80. The van der Waals surface area contributed by atoms with E-state index in [9.17, 15) is 8.78 Å². The van der Waals surface area contributed by atoms with Gasteiger partial charge >= 0.3 is 0 Å². The van der Waals surface area contributed by atoms with E-state index in [0.717, 1.165) is 42.5 Å². The quantitative estimate of drug-likeness (QED) is 0.272. The molecule has 0 aliphatic heterocycles. The van der Waals surface area contributed by atoms with Gasteiger partial charge in [0.25, 0.3) is 0 Å². The van der Waals surface area contributed by atoms with E-state index in [1.54, 1.807) is 11.6 Å². The maximum atomic E-state index is 14.8. The van der Waals surface area contributed by atoms with Crippen molar-refractivity contribution in [2.24, 2.45) is 5.92 Å². The zero-order chi connectivity index (χ0) is 24.1. The van der Waals surface area contributed by atoms with Crippen LogP contribution < -0.4 is 14.8 Å². The van der Waals surface area contributed by atoms with Crippen molar-refractivity contribution in [1.82, 2.24) is 10.3 Å². The maximum Gasteiger partial charge on any atom is 0.147 e. The van der Waals surface area contributed by atoms with Gasteiger partial charge in [-0.2, -0.15) is 0 Å². The number of aromatic nitrogens is 1. The number of rotatable bonds is 9. The average molecular weight is 543 g/mol. The Bertz CT molecular complexity index is 1160. The predicted octanol–water partition coefficient (Wildman–Crippen LogP) is 7.70. The van der Waals surface area contributed by atoms with Crippen LogP contribution in [0.4, 0.5) is 14.6 Å². The van der Waals surface area contributed by atoms with Gasteiger partial charge in [-0.05, 0) is 60.7 Å². The standard InChI is InChI=1S/C24H23Cl2F2N3OS2/c1-2-29-21-5-3-4-15(14-6-7-17(25)19(27)8-14)16(21)11-32-22-10-20(28)23(9-18(22)26)34-31-24-12-33-13-30-24/h4,6-10,12-13,16,21,29,31H,2-3,5,11H2,1H3. The zero-order valence-corrected chi connectivity index (χ0v) is 21.4. The summed E-state index contributed by atoms with van der Waals surface area (Å²) in [6.07, 6.45) is 3.89. The number of halogens is 4. The van der Waals surface area contributed by atoms with Crippen LogP contribution in [0.25, 0.3) is 5.57 Å². The summed E-state index contributed by atoms with van der Waals surface area (Å²) in [6.45, 7) is 3.09. The smallest absolute Gasteiger partial charge is 0.147 e. The molecule has 0 spiro atoms. The number of hydrogen-bond acceptors (Lipinski definition) is 6. The number of allylic oxidation sites excluding steroid dienone is 1. The van der Waals surface area contributed by atoms with E-state index < -0.39 is 11.6 Å². The summed E-state index contributed by atoms with van der Waals surface area (Å²) in [4.78, 5) is 4.45. The SMILES string of the molecule is CCNC1CCC=C(c2ccc(Cl)c(F)c2)C1COc1cc(F)c(SNc2cscn2)cc1Cl. The Labute approximate surface area is 215 Å². The highest BCUT2D eigenvalue weighted by Crippen LogP contribution is 2.37. The Morgan fingerprint density at radius 1 is 1.18 bits per heavy atom. The van der Waals surface area contributed by atoms with Crippen molar-refractivity contribution < 1.29 is 13.5 Å². The van der Waals surface area contributed by atoms with E-state index in [1.807, 2.05) is 18.4 Å². The number of benzene rings is 2. The van der Waals surface area contributed by atoms with Crippen molar-refractivity contribution in [2.75, 3.05) is 17.9 Å². The third kappa shape index (κ3) is 6.04. The topological polar surface area (TPSA) is 46.2 Å². The Balaban J connectivity index is 1.51. The van der Waals surface area contributed by atoms with Crippen LogP contribution in [0.5, 0.6) is 5.75 Å². The molecule has 0 saturated heterocycles. The fraction of sp³-hybridized carbons (Fsp3) is 0.292. The Hall–Kier alpha value is -1.84. The van der Waals surface area contributed by atoms with Gasteiger partial charge in [-0.1, -0.05) is 42.3 Å². The summed E-state index contributed by atoms with van der Waals surface area (Å²) in [5.74, 6) is -0.0756. The van der Waals surface area contributed by atoms with Crippen molar-refractivity contribution >= 4 is 57.9 Å². The molecule has 34 heavy (non-hydrogen) atoms. The lowest BCUT2D eigenvalue weighted by molar-refractivity contribution is 0.236. The van der Waals surface area contributed by atoms with Crippen LogP contribution in [0.1, 0.15) is 25.3 Å². The lowest BCUT2D eigenvalue weighted by Gasteiger charge is -2.33. The second-order valence-electron chi connectivity index (χ2n) is 7.74. The fourth-order valence-electron chi connectivity index (χ4n) is 3.96. The molecule has 2 N–H and O–H groups in total. The van der Waals surface area contributed by atoms with Crippen molar-refractivity contribution in [3.05, 3.63) is 74.5 Å². The van der Waals surface area contributed by atoms with Gasteiger partial charge in [0, 0.05) is 23.4 Å². The minimum Gasteiger partial charge on any atom is -0.491 e. The molecule has 0 radical (unpaired) electrons. The first-order chi connectivity index (χ1) is 16.5. The van der Waals surface area contributed by atoms with Gasteiger partial charge in [-0.15, -0.1) is 11.3 Å². The van der Waals surface area contributed by atoms with Crippen LogP contribution >= 0.6 is 46.5 Å². The van der Waals surface area contributed by atoms with Gasteiger partial charge in [0.1, 0.15) is 23.2 Å². The summed E-state index contributed by atoms with van der Waals surface area (Å²) < 4.78 is 37.9. The molecular formula is C24H23Cl2F2N3OS2. The summed E-state index contributed by atoms with van der Waals surface area (Å²) >= 11 is 14.8. The van der Waals surface area contributed by atoms with Gasteiger partial charge in [-0.3, -0.25) is 0 Å². The largest absolute Gasteiger partial charge is 0.491 e. The van der Waals surface area contributed by atoms with Gasteiger partial charge in [-0.25, -0.2) is 13.8 Å². The van der Waals surface area contributed by atoms with Gasteiger partial charge < -0.3 is 14.8 Å².